The smallest absolute Gasteiger partial charge is 0.0628 e. The van der Waals surface area contributed by atoms with E-state index in [1.165, 1.54) is 24.8 Å². The van der Waals surface area contributed by atoms with E-state index in [2.05, 4.69) is 43.2 Å². The lowest BCUT2D eigenvalue weighted by Crippen LogP contribution is -2.27. The molecule has 1 aromatic rings. The Bertz CT molecular complexity index is 348. The van der Waals surface area contributed by atoms with E-state index in [1.54, 1.807) is 0 Å². The van der Waals surface area contributed by atoms with Gasteiger partial charge in [0.05, 0.1) is 12.6 Å². The molecular weight excluding hydrogens is 234 g/mol. The van der Waals surface area contributed by atoms with Crippen molar-refractivity contribution in [2.24, 2.45) is 0 Å². The zero-order chi connectivity index (χ0) is 13.9. The van der Waals surface area contributed by atoms with Crippen LogP contribution in [0.15, 0.2) is 42.5 Å². The highest BCUT2D eigenvalue weighted by molar-refractivity contribution is 5.19. The van der Waals surface area contributed by atoms with E-state index in [9.17, 15) is 5.11 Å². The predicted molar refractivity (Wildman–Crippen MR) is 82.2 cm³/mol. The Morgan fingerprint density at radius 2 is 1.89 bits per heavy atom. The summed E-state index contributed by atoms with van der Waals surface area (Å²) in [6, 6.07) is 10.3. The summed E-state index contributed by atoms with van der Waals surface area (Å²) in [7, 11) is 2.06. The minimum atomic E-state index is 0.0847. The fraction of sp³-hybridized carbons (Fsp3) is 0.529. The van der Waals surface area contributed by atoms with Gasteiger partial charge in [0.15, 0.2) is 0 Å². The Morgan fingerprint density at radius 1 is 1.16 bits per heavy atom. The Labute approximate surface area is 117 Å². The number of hydrogen-bond acceptors (Lipinski definition) is 2. The van der Waals surface area contributed by atoms with Crippen LogP contribution in [-0.4, -0.2) is 30.2 Å². The molecule has 0 aliphatic heterocycles. The van der Waals surface area contributed by atoms with Gasteiger partial charge in [0, 0.05) is 6.54 Å². The maximum atomic E-state index is 9.56. The first-order valence-electron chi connectivity index (χ1n) is 7.30. The van der Waals surface area contributed by atoms with E-state index in [4.69, 9.17) is 0 Å². The number of nitrogens with zero attached hydrogens (tertiary/aromatic N) is 1. The maximum absolute atomic E-state index is 9.56. The van der Waals surface area contributed by atoms with Crippen molar-refractivity contribution in [1.82, 2.24) is 4.90 Å². The summed E-state index contributed by atoms with van der Waals surface area (Å²) in [6.07, 6.45) is 9.49. The second-order valence-corrected chi connectivity index (χ2v) is 5.02. The highest BCUT2D eigenvalue weighted by Gasteiger charge is 2.14. The zero-order valence-electron chi connectivity index (χ0n) is 12.3. The quantitative estimate of drug-likeness (QED) is 0.540. The molecule has 19 heavy (non-hydrogen) atoms. The minimum absolute atomic E-state index is 0.0847. The third kappa shape index (κ3) is 6.04. The second-order valence-electron chi connectivity index (χ2n) is 5.02. The molecule has 2 nitrogen and oxygen atoms in total. The summed E-state index contributed by atoms with van der Waals surface area (Å²) in [5.74, 6) is 0. The number of aliphatic hydroxyl groups is 1. The molecule has 1 aromatic carbocycles. The average molecular weight is 261 g/mol. The Kier molecular flexibility index (Phi) is 8.19. The van der Waals surface area contributed by atoms with Gasteiger partial charge in [-0.3, -0.25) is 4.90 Å². The summed E-state index contributed by atoms with van der Waals surface area (Å²) >= 11 is 0. The number of aliphatic hydroxyl groups excluding tert-OH is 1. The van der Waals surface area contributed by atoms with E-state index >= 15 is 0 Å². The molecule has 0 saturated carbocycles. The highest BCUT2D eigenvalue weighted by atomic mass is 16.3. The van der Waals surface area contributed by atoms with E-state index in [0.717, 1.165) is 13.0 Å². The van der Waals surface area contributed by atoms with Crippen molar-refractivity contribution >= 4 is 0 Å². The van der Waals surface area contributed by atoms with Crippen LogP contribution < -0.4 is 0 Å². The normalized spacial score (nSPS) is 13.3. The van der Waals surface area contributed by atoms with Crippen LogP contribution >= 0.6 is 0 Å². The molecule has 0 radical (unpaired) electrons. The summed E-state index contributed by atoms with van der Waals surface area (Å²) in [4.78, 5) is 2.19. The van der Waals surface area contributed by atoms with Crippen LogP contribution in [-0.2, 0) is 0 Å². The topological polar surface area (TPSA) is 23.5 Å². The molecule has 0 amide bonds. The van der Waals surface area contributed by atoms with Gasteiger partial charge in [-0.1, -0.05) is 62.2 Å². The fourth-order valence-electron chi connectivity index (χ4n) is 2.17. The summed E-state index contributed by atoms with van der Waals surface area (Å²) < 4.78 is 0. The van der Waals surface area contributed by atoms with E-state index in [1.807, 2.05) is 18.2 Å². The Morgan fingerprint density at radius 3 is 2.53 bits per heavy atom. The van der Waals surface area contributed by atoms with Crippen molar-refractivity contribution < 1.29 is 5.11 Å². The summed E-state index contributed by atoms with van der Waals surface area (Å²) in [5.41, 5.74) is 1.17. The van der Waals surface area contributed by atoms with Gasteiger partial charge in [-0.2, -0.15) is 0 Å². The van der Waals surface area contributed by atoms with Gasteiger partial charge in [-0.05, 0) is 25.5 Å². The van der Waals surface area contributed by atoms with E-state index in [-0.39, 0.29) is 12.6 Å². The van der Waals surface area contributed by atoms with Crippen LogP contribution in [0.4, 0.5) is 0 Å². The molecule has 0 aromatic heterocycles. The lowest BCUT2D eigenvalue weighted by Gasteiger charge is -2.25. The molecule has 0 heterocycles. The van der Waals surface area contributed by atoms with Crippen molar-refractivity contribution in [3.05, 3.63) is 48.0 Å². The van der Waals surface area contributed by atoms with Crippen molar-refractivity contribution in [1.29, 1.82) is 0 Å². The van der Waals surface area contributed by atoms with Crippen LogP contribution in [0.25, 0.3) is 0 Å². The predicted octanol–water partition coefficient (Wildman–Crippen LogP) is 3.79. The highest BCUT2D eigenvalue weighted by Crippen LogP contribution is 2.18. The largest absolute Gasteiger partial charge is 0.394 e. The third-order valence-corrected chi connectivity index (χ3v) is 3.42. The monoisotopic (exact) mass is 261 g/mol. The molecule has 0 aliphatic carbocycles. The van der Waals surface area contributed by atoms with Gasteiger partial charge in [0.25, 0.3) is 0 Å². The van der Waals surface area contributed by atoms with Crippen LogP contribution in [0.3, 0.4) is 0 Å². The molecule has 2 heteroatoms. The fourth-order valence-corrected chi connectivity index (χ4v) is 2.17. The van der Waals surface area contributed by atoms with Crippen LogP contribution in [0.2, 0.25) is 0 Å². The number of allylic oxidation sites excluding steroid dienone is 1. The zero-order valence-corrected chi connectivity index (χ0v) is 12.3. The minimum Gasteiger partial charge on any atom is -0.394 e. The SMILES string of the molecule is CCCCC/C=C\CN(C)[C@@H](CO)c1ccccc1. The Hall–Kier alpha value is -1.12. The first kappa shape index (κ1) is 15.9. The molecule has 0 spiro atoms. The van der Waals surface area contributed by atoms with Gasteiger partial charge in [0.2, 0.25) is 0 Å². The third-order valence-electron chi connectivity index (χ3n) is 3.42. The first-order chi connectivity index (χ1) is 9.29. The number of likely N-dealkylation sites (N-methyl/N-ethyl adjacent to an activating group) is 1. The standard InChI is InChI=1S/C17H27NO/c1-3-4-5-6-7-11-14-18(2)17(15-19)16-12-9-8-10-13-16/h7-13,17,19H,3-6,14-15H2,1-2H3/b11-7-/t17-/m0/s1. The summed E-state index contributed by atoms with van der Waals surface area (Å²) in [5, 5.41) is 9.56. The molecule has 106 valence electrons. The van der Waals surface area contributed by atoms with E-state index < -0.39 is 0 Å². The maximum Gasteiger partial charge on any atom is 0.0628 e. The molecule has 1 rings (SSSR count). The molecule has 1 atom stereocenters. The lowest BCUT2D eigenvalue weighted by atomic mass is 10.1. The van der Waals surface area contributed by atoms with Gasteiger partial charge in [-0.25, -0.2) is 0 Å². The number of rotatable bonds is 9. The van der Waals surface area contributed by atoms with Gasteiger partial charge < -0.3 is 5.11 Å². The first-order valence-corrected chi connectivity index (χ1v) is 7.30. The number of benzene rings is 1. The van der Waals surface area contributed by atoms with Gasteiger partial charge in [0.1, 0.15) is 0 Å². The molecule has 0 unspecified atom stereocenters. The van der Waals surface area contributed by atoms with Crippen molar-refractivity contribution in [3.63, 3.8) is 0 Å². The molecule has 0 aliphatic rings. The van der Waals surface area contributed by atoms with Gasteiger partial charge in [-0.15, -0.1) is 0 Å². The van der Waals surface area contributed by atoms with Crippen molar-refractivity contribution in [2.45, 2.75) is 38.6 Å². The average Bonchev–Trinajstić information content (AvgIpc) is 2.45. The molecule has 0 fully saturated rings. The molecular formula is C17H27NO. The van der Waals surface area contributed by atoms with Crippen LogP contribution in [0.5, 0.6) is 0 Å². The van der Waals surface area contributed by atoms with E-state index in [0.29, 0.717) is 0 Å². The Balaban J connectivity index is 2.40. The van der Waals surface area contributed by atoms with Crippen LogP contribution in [0.1, 0.15) is 44.2 Å². The summed E-state index contributed by atoms with van der Waals surface area (Å²) in [6.45, 7) is 3.26. The molecule has 1 N–H and O–H groups in total. The number of hydrogen-bond donors (Lipinski definition) is 1. The van der Waals surface area contributed by atoms with Crippen LogP contribution in [0, 0.1) is 0 Å². The van der Waals surface area contributed by atoms with Crippen molar-refractivity contribution in [3.8, 4) is 0 Å². The second kappa shape index (κ2) is 9.76. The molecule has 0 saturated heterocycles. The lowest BCUT2D eigenvalue weighted by molar-refractivity contribution is 0.158. The number of unbranched alkanes of at least 4 members (excludes halogenated alkanes) is 3. The van der Waals surface area contributed by atoms with Gasteiger partial charge >= 0.3 is 0 Å². The molecule has 0 bridgehead atoms. The van der Waals surface area contributed by atoms with Crippen molar-refractivity contribution in [2.75, 3.05) is 20.2 Å².